The van der Waals surface area contributed by atoms with Gasteiger partial charge < -0.3 is 4.98 Å². The van der Waals surface area contributed by atoms with Crippen LogP contribution in [0.5, 0.6) is 0 Å². The van der Waals surface area contributed by atoms with E-state index in [1.165, 1.54) is 4.88 Å². The van der Waals surface area contributed by atoms with Crippen molar-refractivity contribution >= 4 is 55.6 Å². The zero-order valence-electron chi connectivity index (χ0n) is 12.6. The second kappa shape index (κ2) is 6.06. The maximum absolute atomic E-state index is 13.0. The number of aryl methyl sites for hydroxylation is 2. The molecule has 1 aromatic carbocycles. The first-order valence-electron chi connectivity index (χ1n) is 7.66. The Labute approximate surface area is 155 Å². The lowest BCUT2D eigenvalue weighted by Crippen LogP contribution is -2.29. The quantitative estimate of drug-likeness (QED) is 0.591. The van der Waals surface area contributed by atoms with Gasteiger partial charge in [-0.05, 0) is 61.7 Å². The van der Waals surface area contributed by atoms with Gasteiger partial charge >= 0.3 is 0 Å². The van der Waals surface area contributed by atoms with E-state index in [0.29, 0.717) is 10.9 Å². The number of halogens is 1. The van der Waals surface area contributed by atoms with E-state index < -0.39 is 5.91 Å². The highest BCUT2D eigenvalue weighted by atomic mass is 79.9. The molecule has 4 rings (SSSR count). The Bertz CT molecular complexity index is 1090. The standard InChI is InChI=1S/C17H13BrN2O2S2/c18-10-5-3-4-9(8-10)15(21)20-16(22)13-11-6-1-2-7-12(11)24-14(13)19-17(20)23/h3-5,8H,1-2,6-7H2,(H,19,23). The first-order chi connectivity index (χ1) is 11.6. The number of aromatic nitrogens is 2. The number of carbonyl (C=O) groups excluding carboxylic acids is 1. The summed E-state index contributed by atoms with van der Waals surface area (Å²) in [5, 5.41) is 0.631. The lowest BCUT2D eigenvalue weighted by Gasteiger charge is -2.10. The van der Waals surface area contributed by atoms with Crippen molar-refractivity contribution in [2.24, 2.45) is 0 Å². The van der Waals surface area contributed by atoms with Crippen LogP contribution in [0.15, 0.2) is 33.5 Å². The van der Waals surface area contributed by atoms with E-state index >= 15 is 0 Å². The Hall–Kier alpha value is -1.57. The van der Waals surface area contributed by atoms with Gasteiger partial charge in [-0.25, -0.2) is 4.57 Å². The molecular formula is C17H13BrN2O2S2. The number of thiophene rings is 1. The van der Waals surface area contributed by atoms with E-state index in [-0.39, 0.29) is 10.3 Å². The van der Waals surface area contributed by atoms with E-state index in [2.05, 4.69) is 20.9 Å². The maximum atomic E-state index is 13.0. The average molecular weight is 421 g/mol. The van der Waals surface area contributed by atoms with E-state index in [0.717, 1.165) is 45.1 Å². The molecule has 1 N–H and O–H groups in total. The van der Waals surface area contributed by atoms with Gasteiger partial charge in [0.1, 0.15) is 4.83 Å². The normalized spacial score (nSPS) is 13.9. The molecule has 0 radical (unpaired) electrons. The van der Waals surface area contributed by atoms with Crippen molar-refractivity contribution in [3.63, 3.8) is 0 Å². The molecule has 0 bridgehead atoms. The highest BCUT2D eigenvalue weighted by molar-refractivity contribution is 9.10. The van der Waals surface area contributed by atoms with Crippen LogP contribution in [0.2, 0.25) is 0 Å². The fourth-order valence-corrected chi connectivity index (χ4v) is 5.18. The summed E-state index contributed by atoms with van der Waals surface area (Å²) < 4.78 is 2.02. The zero-order valence-corrected chi connectivity index (χ0v) is 15.8. The Morgan fingerprint density at radius 3 is 2.88 bits per heavy atom. The SMILES string of the molecule is O=C(c1cccc(Br)c1)n1c(=S)[nH]c2sc3c(c2c1=O)CCCC3. The molecular weight excluding hydrogens is 408 g/mol. The number of nitrogens with one attached hydrogen (secondary N) is 1. The van der Waals surface area contributed by atoms with Gasteiger partial charge in [0, 0.05) is 14.9 Å². The molecule has 7 heteroatoms. The van der Waals surface area contributed by atoms with Gasteiger partial charge in [-0.3, -0.25) is 9.59 Å². The van der Waals surface area contributed by atoms with Crippen LogP contribution in [-0.2, 0) is 12.8 Å². The van der Waals surface area contributed by atoms with Crippen molar-refractivity contribution in [2.75, 3.05) is 0 Å². The van der Waals surface area contributed by atoms with Crippen molar-refractivity contribution in [3.05, 3.63) is 59.9 Å². The molecule has 0 spiro atoms. The monoisotopic (exact) mass is 420 g/mol. The topological polar surface area (TPSA) is 54.9 Å². The van der Waals surface area contributed by atoms with Crippen LogP contribution in [0.4, 0.5) is 0 Å². The molecule has 2 heterocycles. The summed E-state index contributed by atoms with van der Waals surface area (Å²) in [6.07, 6.45) is 4.10. The number of nitrogens with zero attached hydrogens (tertiary/aromatic N) is 1. The number of aromatic amines is 1. The molecule has 0 saturated heterocycles. The van der Waals surface area contributed by atoms with Crippen molar-refractivity contribution < 1.29 is 4.79 Å². The molecule has 1 aliphatic carbocycles. The fourth-order valence-electron chi connectivity index (χ4n) is 3.17. The third-order valence-corrected chi connectivity index (χ3v) is 6.27. The molecule has 24 heavy (non-hydrogen) atoms. The van der Waals surface area contributed by atoms with E-state index in [1.807, 2.05) is 6.07 Å². The number of hydrogen-bond acceptors (Lipinski definition) is 4. The third-order valence-electron chi connectivity index (χ3n) is 4.29. The summed E-state index contributed by atoms with van der Waals surface area (Å²) in [4.78, 5) is 31.0. The second-order valence-corrected chi connectivity index (χ2v) is 8.21. The van der Waals surface area contributed by atoms with Gasteiger partial charge in [-0.15, -0.1) is 11.3 Å². The predicted octanol–water partition coefficient (Wildman–Crippen LogP) is 4.45. The number of carbonyl (C=O) groups is 1. The number of rotatable bonds is 1. The number of hydrogen-bond donors (Lipinski definition) is 1. The van der Waals surface area contributed by atoms with Crippen molar-refractivity contribution in [3.8, 4) is 0 Å². The minimum absolute atomic E-state index is 0.149. The maximum Gasteiger partial charge on any atom is 0.270 e. The van der Waals surface area contributed by atoms with Crippen molar-refractivity contribution in [2.45, 2.75) is 25.7 Å². The van der Waals surface area contributed by atoms with Crippen molar-refractivity contribution in [1.29, 1.82) is 0 Å². The van der Waals surface area contributed by atoms with Gasteiger partial charge in [-0.1, -0.05) is 22.0 Å². The summed E-state index contributed by atoms with van der Waals surface area (Å²) in [6.45, 7) is 0. The first-order valence-corrected chi connectivity index (χ1v) is 9.68. The van der Waals surface area contributed by atoms with E-state index in [1.54, 1.807) is 29.5 Å². The van der Waals surface area contributed by atoms with Crippen LogP contribution < -0.4 is 5.56 Å². The van der Waals surface area contributed by atoms with Crippen molar-refractivity contribution in [1.82, 2.24) is 9.55 Å². The third kappa shape index (κ3) is 2.51. The lowest BCUT2D eigenvalue weighted by molar-refractivity contribution is 0.0953. The van der Waals surface area contributed by atoms with Crippen LogP contribution in [-0.4, -0.2) is 15.5 Å². The van der Waals surface area contributed by atoms with Gasteiger partial charge in [0.25, 0.3) is 11.5 Å². The Morgan fingerprint density at radius 2 is 2.08 bits per heavy atom. The summed E-state index contributed by atoms with van der Waals surface area (Å²) in [7, 11) is 0. The number of benzene rings is 1. The summed E-state index contributed by atoms with van der Waals surface area (Å²) in [5.41, 5.74) is 1.21. The predicted molar refractivity (Wildman–Crippen MR) is 102 cm³/mol. The lowest BCUT2D eigenvalue weighted by atomic mass is 9.97. The second-order valence-electron chi connectivity index (χ2n) is 5.80. The fraction of sp³-hybridized carbons (Fsp3) is 0.235. The molecule has 0 saturated carbocycles. The average Bonchev–Trinajstić information content (AvgIpc) is 2.92. The molecule has 0 amide bonds. The summed E-state index contributed by atoms with van der Waals surface area (Å²) in [5.74, 6) is -0.403. The molecule has 1 aliphatic rings. The largest absolute Gasteiger partial charge is 0.323 e. The van der Waals surface area contributed by atoms with Crippen LogP contribution in [0.3, 0.4) is 0 Å². The zero-order chi connectivity index (χ0) is 16.8. The molecule has 0 atom stereocenters. The molecule has 2 aromatic heterocycles. The van der Waals surface area contributed by atoms with Gasteiger partial charge in [0.15, 0.2) is 4.77 Å². The molecule has 4 nitrogen and oxygen atoms in total. The Kier molecular flexibility index (Phi) is 4.02. The Balaban J connectivity index is 1.97. The number of H-pyrrole nitrogens is 1. The Morgan fingerprint density at radius 1 is 1.29 bits per heavy atom. The van der Waals surface area contributed by atoms with E-state index in [4.69, 9.17) is 12.2 Å². The van der Waals surface area contributed by atoms with Gasteiger partial charge in [0.05, 0.1) is 5.39 Å². The highest BCUT2D eigenvalue weighted by Gasteiger charge is 2.22. The minimum Gasteiger partial charge on any atom is -0.323 e. The summed E-state index contributed by atoms with van der Waals surface area (Å²) >= 11 is 10.2. The van der Waals surface area contributed by atoms with Crippen LogP contribution >= 0.6 is 39.5 Å². The van der Waals surface area contributed by atoms with Crippen LogP contribution in [0.1, 0.15) is 33.6 Å². The van der Waals surface area contributed by atoms with Gasteiger partial charge in [-0.2, -0.15) is 0 Å². The van der Waals surface area contributed by atoms with Gasteiger partial charge in [0.2, 0.25) is 0 Å². The minimum atomic E-state index is -0.403. The molecule has 3 aromatic rings. The number of fused-ring (bicyclic) bond motifs is 3. The van der Waals surface area contributed by atoms with Crippen LogP contribution in [0.25, 0.3) is 10.2 Å². The van der Waals surface area contributed by atoms with E-state index in [9.17, 15) is 9.59 Å². The molecule has 122 valence electrons. The smallest absolute Gasteiger partial charge is 0.270 e. The van der Waals surface area contributed by atoms with Crippen LogP contribution in [0, 0.1) is 4.77 Å². The first kappa shape index (κ1) is 15.9. The summed E-state index contributed by atoms with van der Waals surface area (Å²) in [6, 6.07) is 6.97. The highest BCUT2D eigenvalue weighted by Crippen LogP contribution is 2.33. The molecule has 0 fully saturated rings. The molecule has 0 aliphatic heterocycles. The molecule has 0 unspecified atom stereocenters.